The minimum absolute atomic E-state index is 0.00664. The molecule has 196 valence electrons. The van der Waals surface area contributed by atoms with E-state index in [-0.39, 0.29) is 46.7 Å². The predicted octanol–water partition coefficient (Wildman–Crippen LogP) is -0.762. The Labute approximate surface area is 213 Å². The van der Waals surface area contributed by atoms with Crippen LogP contribution in [0.25, 0.3) is 0 Å². The maximum atomic E-state index is 13.2. The third kappa shape index (κ3) is 4.25. The first-order valence-corrected chi connectivity index (χ1v) is 12.7. The highest BCUT2D eigenvalue weighted by Gasteiger charge is 2.60. The van der Waals surface area contributed by atoms with Gasteiger partial charge in [0.05, 0.1) is 18.0 Å². The van der Waals surface area contributed by atoms with E-state index >= 15 is 0 Å². The van der Waals surface area contributed by atoms with Gasteiger partial charge in [-0.05, 0) is 37.6 Å². The lowest BCUT2D eigenvalue weighted by molar-refractivity contribution is -0.158. The third-order valence-corrected chi connectivity index (χ3v) is 8.80. The summed E-state index contributed by atoms with van der Waals surface area (Å²) in [4.78, 5) is 54.2. The summed E-state index contributed by atoms with van der Waals surface area (Å²) >= 11 is 1.43. The number of β-lactam (4-membered cyclic amide) rings is 1. The summed E-state index contributed by atoms with van der Waals surface area (Å²) < 4.78 is 1.34. The number of aromatic nitrogens is 4. The molecule has 3 aliphatic heterocycles. The number of amides is 3. The van der Waals surface area contributed by atoms with Crippen molar-refractivity contribution < 1.29 is 24.3 Å². The Morgan fingerprint density at radius 1 is 1.33 bits per heavy atom. The largest absolute Gasteiger partial charge is 0.477 e. The summed E-state index contributed by atoms with van der Waals surface area (Å²) in [5.74, 6) is -2.63. The van der Waals surface area contributed by atoms with Gasteiger partial charge in [-0.15, -0.1) is 16.9 Å². The SMILES string of the molecule is C[C@@H](NC(=O)C(C)(C)n1cnnn1)[C@H]1C(=O)N2C(C(=O)O)=C(S[C@@H]3CN[C@H](C(=O)N(C)C)C3)[C@H](C)[C@H]12. The zero-order valence-corrected chi connectivity index (χ0v) is 21.9. The standard InChI is InChI=1S/C22H32N8O5S/c1-10-15-14(11(2)25-21(35)22(3,4)29-9-24-26-27-29)19(32)30(15)16(20(33)34)17(10)36-12-7-13(23-8-12)18(31)28(5)6/h9-15,23H,7-8H2,1-6H3,(H,25,35)(H,33,34)/t10-,11-,12+,13+,14-,15-/m1/s1. The molecule has 13 nitrogen and oxygen atoms in total. The van der Waals surface area contributed by atoms with E-state index in [9.17, 15) is 24.3 Å². The summed E-state index contributed by atoms with van der Waals surface area (Å²) in [6, 6.07) is -1.21. The third-order valence-electron chi connectivity index (χ3n) is 7.29. The van der Waals surface area contributed by atoms with Gasteiger partial charge in [-0.25, -0.2) is 9.48 Å². The van der Waals surface area contributed by atoms with Crippen LogP contribution in [0.5, 0.6) is 0 Å². The zero-order chi connectivity index (χ0) is 26.5. The van der Waals surface area contributed by atoms with E-state index in [4.69, 9.17) is 0 Å². The molecule has 6 atom stereocenters. The van der Waals surface area contributed by atoms with Crippen LogP contribution in [0.1, 0.15) is 34.1 Å². The van der Waals surface area contributed by atoms with Crippen LogP contribution in [0, 0.1) is 11.8 Å². The van der Waals surface area contributed by atoms with E-state index in [1.807, 2.05) is 6.92 Å². The maximum absolute atomic E-state index is 13.2. The Morgan fingerprint density at radius 3 is 2.61 bits per heavy atom. The van der Waals surface area contributed by atoms with Crippen LogP contribution in [0.4, 0.5) is 0 Å². The molecule has 3 amide bonds. The number of aliphatic carboxylic acids is 1. The number of likely N-dealkylation sites (N-methyl/N-ethyl adjacent to an activating group) is 1. The van der Waals surface area contributed by atoms with Crippen LogP contribution >= 0.6 is 11.8 Å². The van der Waals surface area contributed by atoms with Crippen LogP contribution in [0.2, 0.25) is 0 Å². The molecular formula is C22H32N8O5S. The topological polar surface area (TPSA) is 163 Å². The molecule has 2 fully saturated rings. The van der Waals surface area contributed by atoms with Crippen molar-refractivity contribution in [3.63, 3.8) is 0 Å². The van der Waals surface area contributed by atoms with Gasteiger partial charge in [0, 0.05) is 42.8 Å². The second-order valence-corrected chi connectivity index (χ2v) is 11.6. The molecule has 0 bridgehead atoms. The van der Waals surface area contributed by atoms with Gasteiger partial charge in [0.25, 0.3) is 0 Å². The van der Waals surface area contributed by atoms with Gasteiger partial charge >= 0.3 is 5.97 Å². The number of hydrogen-bond acceptors (Lipinski definition) is 9. The first kappa shape index (κ1) is 26.1. The van der Waals surface area contributed by atoms with Crippen molar-refractivity contribution in [2.45, 2.75) is 63.0 Å². The number of carboxylic acid groups (broad SMARTS) is 1. The summed E-state index contributed by atoms with van der Waals surface area (Å²) in [6.45, 7) is 7.57. The Morgan fingerprint density at radius 2 is 2.03 bits per heavy atom. The van der Waals surface area contributed by atoms with E-state index < -0.39 is 23.5 Å². The van der Waals surface area contributed by atoms with E-state index in [2.05, 4.69) is 26.2 Å². The van der Waals surface area contributed by atoms with Gasteiger partial charge in [-0.3, -0.25) is 14.4 Å². The van der Waals surface area contributed by atoms with Crippen molar-refractivity contribution in [2.75, 3.05) is 20.6 Å². The molecule has 1 aromatic heterocycles. The van der Waals surface area contributed by atoms with E-state index in [1.165, 1.54) is 32.6 Å². The Bertz CT molecular complexity index is 1100. The van der Waals surface area contributed by atoms with Crippen LogP contribution < -0.4 is 10.6 Å². The fraction of sp³-hybridized carbons (Fsp3) is 0.682. The molecule has 0 aromatic carbocycles. The number of thioether (sulfide) groups is 1. The molecular weight excluding hydrogens is 488 g/mol. The number of carboxylic acids is 1. The molecule has 0 aliphatic carbocycles. The number of carbonyl (C=O) groups is 4. The van der Waals surface area contributed by atoms with Gasteiger partial charge in [0.1, 0.15) is 17.6 Å². The number of rotatable bonds is 8. The fourth-order valence-electron chi connectivity index (χ4n) is 5.16. The average molecular weight is 521 g/mol. The van der Waals surface area contributed by atoms with Gasteiger partial charge in [0.15, 0.2) is 0 Å². The first-order chi connectivity index (χ1) is 16.9. The maximum Gasteiger partial charge on any atom is 0.353 e. The number of hydrogen-bond donors (Lipinski definition) is 3. The normalized spacial score (nSPS) is 28.6. The Kier molecular flexibility index (Phi) is 6.86. The molecule has 4 rings (SSSR count). The minimum atomic E-state index is -1.15. The molecule has 36 heavy (non-hydrogen) atoms. The number of tetrazole rings is 1. The summed E-state index contributed by atoms with van der Waals surface area (Å²) in [5, 5.41) is 27.1. The molecule has 2 saturated heterocycles. The molecule has 0 saturated carbocycles. The minimum Gasteiger partial charge on any atom is -0.477 e. The summed E-state index contributed by atoms with van der Waals surface area (Å²) in [6.07, 6.45) is 1.92. The van der Waals surface area contributed by atoms with Crippen molar-refractivity contribution in [1.82, 2.24) is 40.6 Å². The second kappa shape index (κ2) is 9.47. The molecule has 3 aliphatic rings. The quantitative estimate of drug-likeness (QED) is 0.371. The highest BCUT2D eigenvalue weighted by Crippen LogP contribution is 2.51. The number of carbonyl (C=O) groups excluding carboxylic acids is 3. The van der Waals surface area contributed by atoms with E-state index in [1.54, 1.807) is 34.9 Å². The highest BCUT2D eigenvalue weighted by atomic mass is 32.2. The molecule has 0 unspecified atom stereocenters. The molecule has 4 heterocycles. The van der Waals surface area contributed by atoms with E-state index in [0.29, 0.717) is 17.9 Å². The van der Waals surface area contributed by atoms with Crippen LogP contribution in [-0.2, 0) is 24.7 Å². The van der Waals surface area contributed by atoms with Gasteiger partial charge in [0.2, 0.25) is 17.7 Å². The van der Waals surface area contributed by atoms with E-state index in [0.717, 1.165) is 0 Å². The highest BCUT2D eigenvalue weighted by molar-refractivity contribution is 8.03. The molecule has 14 heteroatoms. The van der Waals surface area contributed by atoms with Crippen LogP contribution in [-0.4, -0.2) is 103 Å². The van der Waals surface area contributed by atoms with Crippen molar-refractivity contribution in [3.8, 4) is 0 Å². The average Bonchev–Trinajstić information content (AvgIpc) is 3.54. The number of nitrogens with zero attached hydrogens (tertiary/aromatic N) is 6. The number of fused-ring (bicyclic) bond motifs is 1. The summed E-state index contributed by atoms with van der Waals surface area (Å²) in [5.41, 5.74) is -1.07. The van der Waals surface area contributed by atoms with Gasteiger partial charge in [-0.1, -0.05) is 6.92 Å². The fourth-order valence-corrected chi connectivity index (χ4v) is 6.64. The Hall–Kier alpha value is -3.00. The van der Waals surface area contributed by atoms with Crippen molar-refractivity contribution >= 4 is 35.5 Å². The zero-order valence-electron chi connectivity index (χ0n) is 21.1. The molecule has 0 spiro atoms. The van der Waals surface area contributed by atoms with Crippen LogP contribution in [0.3, 0.4) is 0 Å². The Balaban J connectivity index is 1.47. The van der Waals surface area contributed by atoms with Crippen LogP contribution in [0.15, 0.2) is 16.9 Å². The van der Waals surface area contributed by atoms with Gasteiger partial charge in [-0.2, -0.15) is 0 Å². The lowest BCUT2D eigenvalue weighted by Crippen LogP contribution is -2.67. The second-order valence-electron chi connectivity index (χ2n) is 10.3. The van der Waals surface area contributed by atoms with Crippen molar-refractivity contribution in [3.05, 3.63) is 16.9 Å². The summed E-state index contributed by atoms with van der Waals surface area (Å²) in [7, 11) is 3.41. The first-order valence-electron chi connectivity index (χ1n) is 11.8. The monoisotopic (exact) mass is 520 g/mol. The van der Waals surface area contributed by atoms with Crippen molar-refractivity contribution in [1.29, 1.82) is 0 Å². The molecule has 3 N–H and O–H groups in total. The molecule has 0 radical (unpaired) electrons. The molecule has 1 aromatic rings. The number of nitrogens with one attached hydrogen (secondary N) is 2. The lowest BCUT2D eigenvalue weighted by atomic mass is 9.77. The predicted molar refractivity (Wildman–Crippen MR) is 129 cm³/mol. The van der Waals surface area contributed by atoms with Crippen molar-refractivity contribution in [2.24, 2.45) is 11.8 Å². The van der Waals surface area contributed by atoms with Gasteiger partial charge < -0.3 is 25.5 Å². The smallest absolute Gasteiger partial charge is 0.353 e. The lowest BCUT2D eigenvalue weighted by Gasteiger charge is -2.48.